The van der Waals surface area contributed by atoms with E-state index in [0.717, 1.165) is 65.0 Å². The maximum absolute atomic E-state index is 6.03. The Balaban J connectivity index is 1.59. The fourth-order valence-electron chi connectivity index (χ4n) is 3.81. The van der Waals surface area contributed by atoms with E-state index in [1.54, 1.807) is 0 Å². The molecule has 20 heavy (non-hydrogen) atoms. The van der Waals surface area contributed by atoms with Crippen LogP contribution in [0.5, 0.6) is 0 Å². The van der Waals surface area contributed by atoms with Crippen LogP contribution >= 0.6 is 12.2 Å². The van der Waals surface area contributed by atoms with Gasteiger partial charge in [0.25, 0.3) is 0 Å². The van der Waals surface area contributed by atoms with E-state index >= 15 is 0 Å². The van der Waals surface area contributed by atoms with Crippen molar-refractivity contribution in [2.24, 2.45) is 11.1 Å². The van der Waals surface area contributed by atoms with Crippen LogP contribution in [0.4, 0.5) is 0 Å². The van der Waals surface area contributed by atoms with Crippen molar-refractivity contribution in [1.29, 1.82) is 0 Å². The number of hydrogen-bond acceptors (Lipinski definition) is 4. The Bertz CT molecular complexity index is 374. The van der Waals surface area contributed by atoms with Gasteiger partial charge in [0.15, 0.2) is 0 Å². The van der Waals surface area contributed by atoms with Gasteiger partial charge in [0.05, 0.1) is 17.2 Å². The number of thiocarbonyl (C=S) groups is 1. The third kappa shape index (κ3) is 2.73. The largest absolute Gasteiger partial charge is 0.393 e. The van der Waals surface area contributed by atoms with Gasteiger partial charge >= 0.3 is 0 Å². The summed E-state index contributed by atoms with van der Waals surface area (Å²) in [7, 11) is 0. The molecule has 0 aromatic carbocycles. The lowest BCUT2D eigenvalue weighted by molar-refractivity contribution is -0.109. The first-order valence-corrected chi connectivity index (χ1v) is 8.20. The highest BCUT2D eigenvalue weighted by Crippen LogP contribution is 2.38. The number of nitrogens with two attached hydrogens (primary N) is 1. The predicted octanol–water partition coefficient (Wildman–Crippen LogP) is 1.71. The summed E-state index contributed by atoms with van der Waals surface area (Å²) in [4.78, 5) is 3.31. The molecule has 0 aliphatic carbocycles. The van der Waals surface area contributed by atoms with Gasteiger partial charge < -0.3 is 20.1 Å². The topological polar surface area (TPSA) is 47.7 Å². The van der Waals surface area contributed by atoms with E-state index in [1.165, 1.54) is 0 Å². The third-order valence-electron chi connectivity index (χ3n) is 5.55. The van der Waals surface area contributed by atoms with E-state index in [0.29, 0.717) is 11.0 Å². The van der Waals surface area contributed by atoms with Crippen LogP contribution in [0.1, 0.15) is 39.0 Å². The van der Waals surface area contributed by atoms with Crippen molar-refractivity contribution in [3.63, 3.8) is 0 Å². The molecule has 2 N–H and O–H groups in total. The molecule has 0 amide bonds. The van der Waals surface area contributed by atoms with Crippen molar-refractivity contribution in [3.8, 4) is 0 Å². The molecular weight excluding hydrogens is 272 g/mol. The van der Waals surface area contributed by atoms with Crippen LogP contribution in [0.15, 0.2) is 0 Å². The minimum absolute atomic E-state index is 0.00678. The number of piperidine rings is 1. The average molecular weight is 298 g/mol. The Kier molecular flexibility index (Phi) is 4.06. The summed E-state index contributed by atoms with van der Waals surface area (Å²) < 4.78 is 11.6. The van der Waals surface area contributed by atoms with Crippen molar-refractivity contribution >= 4 is 17.2 Å². The van der Waals surface area contributed by atoms with Crippen molar-refractivity contribution in [3.05, 3.63) is 0 Å². The van der Waals surface area contributed by atoms with Crippen molar-refractivity contribution in [2.45, 2.75) is 50.7 Å². The molecular formula is C15H26N2O2S. The van der Waals surface area contributed by atoms with Gasteiger partial charge in [0.1, 0.15) is 0 Å². The number of likely N-dealkylation sites (tertiary alicyclic amines) is 1. The molecule has 0 aromatic heterocycles. The summed E-state index contributed by atoms with van der Waals surface area (Å²) in [5.41, 5.74) is 5.96. The second kappa shape index (κ2) is 5.52. The molecule has 3 aliphatic rings. The summed E-state index contributed by atoms with van der Waals surface area (Å²) >= 11 is 5.23. The highest BCUT2D eigenvalue weighted by molar-refractivity contribution is 7.80. The number of nitrogens with zero attached hydrogens (tertiary/aromatic N) is 1. The molecule has 3 heterocycles. The van der Waals surface area contributed by atoms with Gasteiger partial charge in [-0.25, -0.2) is 0 Å². The Morgan fingerprint density at radius 2 is 2.00 bits per heavy atom. The maximum Gasteiger partial charge on any atom is 0.0951 e. The van der Waals surface area contributed by atoms with Crippen molar-refractivity contribution in [2.75, 3.05) is 32.9 Å². The van der Waals surface area contributed by atoms with Crippen LogP contribution in [0.25, 0.3) is 0 Å². The zero-order chi connectivity index (χ0) is 14.2. The number of hydrogen-bond donors (Lipinski definition) is 1. The molecule has 0 bridgehead atoms. The normalized spacial score (nSPS) is 38.1. The van der Waals surface area contributed by atoms with E-state index in [2.05, 4.69) is 11.8 Å². The standard InChI is InChI=1S/C15H26N2O2S/c1-14(13(16)20)3-6-17(7-4-14)12-2-8-19-15(10-12)5-9-18-11-15/h12H,2-11H2,1H3,(H2,16,20). The molecule has 4 nitrogen and oxygen atoms in total. The molecule has 2 atom stereocenters. The molecule has 5 heteroatoms. The summed E-state index contributed by atoms with van der Waals surface area (Å²) in [6.45, 7) is 6.93. The number of ether oxygens (including phenoxy) is 2. The Morgan fingerprint density at radius 1 is 1.25 bits per heavy atom. The predicted molar refractivity (Wildman–Crippen MR) is 82.8 cm³/mol. The second-order valence-corrected chi connectivity index (χ2v) is 7.38. The fourth-order valence-corrected chi connectivity index (χ4v) is 4.01. The van der Waals surface area contributed by atoms with Crippen LogP contribution in [0.3, 0.4) is 0 Å². The van der Waals surface area contributed by atoms with Crippen LogP contribution in [0.2, 0.25) is 0 Å². The minimum Gasteiger partial charge on any atom is -0.393 e. The Labute approximate surface area is 127 Å². The van der Waals surface area contributed by atoms with Gasteiger partial charge in [-0.3, -0.25) is 0 Å². The SMILES string of the molecule is CC1(C(N)=S)CCN(C2CCOC3(CCOC3)C2)CC1. The minimum atomic E-state index is 0.00678. The van der Waals surface area contributed by atoms with Gasteiger partial charge in [-0.2, -0.15) is 0 Å². The first-order chi connectivity index (χ1) is 9.53. The van der Waals surface area contributed by atoms with E-state index in [9.17, 15) is 0 Å². The highest BCUT2D eigenvalue weighted by Gasteiger charge is 2.44. The molecule has 3 rings (SSSR count). The lowest BCUT2D eigenvalue weighted by Gasteiger charge is -2.46. The Morgan fingerprint density at radius 3 is 2.60 bits per heavy atom. The molecule has 0 aromatic rings. The molecule has 3 aliphatic heterocycles. The Hall–Kier alpha value is -0.230. The van der Waals surface area contributed by atoms with Crippen LogP contribution in [-0.4, -0.2) is 54.4 Å². The maximum atomic E-state index is 6.03. The average Bonchev–Trinajstić information content (AvgIpc) is 2.87. The number of rotatable bonds is 2. The summed E-state index contributed by atoms with van der Waals surface area (Å²) in [5.74, 6) is 0. The first kappa shape index (κ1) is 14.7. The monoisotopic (exact) mass is 298 g/mol. The van der Waals surface area contributed by atoms with Gasteiger partial charge in [-0.1, -0.05) is 19.1 Å². The molecule has 3 fully saturated rings. The van der Waals surface area contributed by atoms with E-state index in [4.69, 9.17) is 27.4 Å². The summed E-state index contributed by atoms with van der Waals surface area (Å²) in [6, 6.07) is 0.640. The smallest absolute Gasteiger partial charge is 0.0951 e. The van der Waals surface area contributed by atoms with E-state index in [-0.39, 0.29) is 11.0 Å². The fraction of sp³-hybridized carbons (Fsp3) is 0.933. The van der Waals surface area contributed by atoms with Crippen LogP contribution in [0, 0.1) is 5.41 Å². The van der Waals surface area contributed by atoms with Crippen molar-refractivity contribution in [1.82, 2.24) is 4.90 Å². The van der Waals surface area contributed by atoms with Gasteiger partial charge in [-0.15, -0.1) is 0 Å². The second-order valence-electron chi connectivity index (χ2n) is 6.94. The zero-order valence-electron chi connectivity index (χ0n) is 12.4. The first-order valence-electron chi connectivity index (χ1n) is 7.79. The van der Waals surface area contributed by atoms with Crippen LogP contribution in [-0.2, 0) is 9.47 Å². The molecule has 2 unspecified atom stereocenters. The zero-order valence-corrected chi connectivity index (χ0v) is 13.2. The van der Waals surface area contributed by atoms with Crippen molar-refractivity contribution < 1.29 is 9.47 Å². The quantitative estimate of drug-likeness (QED) is 0.787. The van der Waals surface area contributed by atoms with E-state index in [1.807, 2.05) is 0 Å². The lowest BCUT2D eigenvalue weighted by Crippen LogP contribution is -2.53. The lowest BCUT2D eigenvalue weighted by atomic mass is 9.79. The molecule has 114 valence electrons. The summed E-state index contributed by atoms with van der Waals surface area (Å²) in [6.07, 6.45) is 5.50. The summed E-state index contributed by atoms with van der Waals surface area (Å²) in [5, 5.41) is 0. The molecule has 0 radical (unpaired) electrons. The molecule has 0 saturated carbocycles. The van der Waals surface area contributed by atoms with Gasteiger partial charge in [0.2, 0.25) is 0 Å². The highest BCUT2D eigenvalue weighted by atomic mass is 32.1. The van der Waals surface area contributed by atoms with E-state index < -0.39 is 0 Å². The molecule has 1 spiro atoms. The van der Waals surface area contributed by atoms with Gasteiger partial charge in [0, 0.05) is 31.1 Å². The third-order valence-corrected chi connectivity index (χ3v) is 6.04. The van der Waals surface area contributed by atoms with Crippen LogP contribution < -0.4 is 5.73 Å². The molecule has 3 saturated heterocycles. The van der Waals surface area contributed by atoms with Gasteiger partial charge in [-0.05, 0) is 38.8 Å².